The van der Waals surface area contributed by atoms with Crippen molar-refractivity contribution in [1.82, 2.24) is 4.98 Å². The number of carbonyl (C=O) groups excluding carboxylic acids is 1. The van der Waals surface area contributed by atoms with Crippen LogP contribution in [0.3, 0.4) is 0 Å². The Morgan fingerprint density at radius 2 is 2.23 bits per heavy atom. The Morgan fingerprint density at radius 1 is 1.45 bits per heavy atom. The third-order valence-corrected chi connectivity index (χ3v) is 4.25. The monoisotopic (exact) mass is 378 g/mol. The van der Waals surface area contributed by atoms with Crippen LogP contribution in [0.15, 0.2) is 35.1 Å². The number of aldehydes is 1. The lowest BCUT2D eigenvalue weighted by atomic mass is 10.1. The molecule has 22 heavy (non-hydrogen) atoms. The van der Waals surface area contributed by atoms with Crippen molar-refractivity contribution in [2.75, 3.05) is 0 Å². The number of pyridine rings is 1. The van der Waals surface area contributed by atoms with Crippen LogP contribution in [0.25, 0.3) is 0 Å². The molecule has 0 saturated heterocycles. The minimum Gasteiger partial charge on any atom is -0.485 e. The topological polar surface area (TPSA) is 63.0 Å². The van der Waals surface area contributed by atoms with Gasteiger partial charge in [0.25, 0.3) is 0 Å². The molecule has 1 aromatic heterocycles. The Kier molecular flexibility index (Phi) is 5.53. The summed E-state index contributed by atoms with van der Waals surface area (Å²) in [5, 5.41) is 9.19. The van der Waals surface area contributed by atoms with E-state index in [-0.39, 0.29) is 6.10 Å². The molecule has 0 amide bonds. The highest BCUT2D eigenvalue weighted by Gasteiger charge is 2.13. The highest BCUT2D eigenvalue weighted by molar-refractivity contribution is 9.10. The van der Waals surface area contributed by atoms with Gasteiger partial charge in [0.05, 0.1) is 23.1 Å². The van der Waals surface area contributed by atoms with Gasteiger partial charge in [-0.2, -0.15) is 5.26 Å². The SMILES string of the molecule is CC(Oc1cc(Br)c(Cl)cc1C=O)c1cncc(CC#N)c1. The van der Waals surface area contributed by atoms with Crippen molar-refractivity contribution >= 4 is 33.8 Å². The third kappa shape index (κ3) is 3.85. The first-order valence-corrected chi connectivity index (χ1v) is 7.64. The minimum absolute atomic E-state index is 0.291. The summed E-state index contributed by atoms with van der Waals surface area (Å²) in [6, 6.07) is 7.16. The zero-order valence-corrected chi connectivity index (χ0v) is 14.1. The molecule has 0 aliphatic rings. The van der Waals surface area contributed by atoms with Crippen molar-refractivity contribution in [2.24, 2.45) is 0 Å². The highest BCUT2D eigenvalue weighted by Crippen LogP contribution is 2.32. The smallest absolute Gasteiger partial charge is 0.153 e. The van der Waals surface area contributed by atoms with Gasteiger partial charge in [0.2, 0.25) is 0 Å². The van der Waals surface area contributed by atoms with Gasteiger partial charge < -0.3 is 4.74 Å². The van der Waals surface area contributed by atoms with Crippen LogP contribution < -0.4 is 4.74 Å². The van der Waals surface area contributed by atoms with Crippen LogP contribution in [-0.2, 0) is 6.42 Å². The van der Waals surface area contributed by atoms with Crippen LogP contribution in [0, 0.1) is 11.3 Å². The lowest BCUT2D eigenvalue weighted by Gasteiger charge is -2.17. The summed E-state index contributed by atoms with van der Waals surface area (Å²) >= 11 is 9.28. The second-order valence-corrected chi connectivity index (χ2v) is 5.91. The van der Waals surface area contributed by atoms with Crippen molar-refractivity contribution in [1.29, 1.82) is 5.26 Å². The first-order valence-electron chi connectivity index (χ1n) is 6.46. The van der Waals surface area contributed by atoms with Crippen LogP contribution >= 0.6 is 27.5 Å². The molecule has 1 aromatic carbocycles. The molecule has 0 aliphatic heterocycles. The van der Waals surface area contributed by atoms with E-state index in [2.05, 4.69) is 27.0 Å². The number of carbonyl (C=O) groups is 1. The molecule has 1 atom stereocenters. The number of nitrogens with zero attached hydrogens (tertiary/aromatic N) is 2. The summed E-state index contributed by atoms with van der Waals surface area (Å²) < 4.78 is 6.50. The summed E-state index contributed by atoms with van der Waals surface area (Å²) in [4.78, 5) is 15.3. The van der Waals surface area contributed by atoms with Crippen molar-refractivity contribution in [2.45, 2.75) is 19.4 Å². The van der Waals surface area contributed by atoms with Crippen LogP contribution in [0.4, 0.5) is 0 Å². The third-order valence-electron chi connectivity index (χ3n) is 3.05. The molecule has 2 rings (SSSR count). The summed E-state index contributed by atoms with van der Waals surface area (Å²) in [5.41, 5.74) is 2.03. The van der Waals surface area contributed by atoms with E-state index in [1.165, 1.54) is 0 Å². The summed E-state index contributed by atoms with van der Waals surface area (Å²) in [5.74, 6) is 0.435. The molecule has 4 nitrogen and oxygen atoms in total. The molecule has 1 unspecified atom stereocenters. The van der Waals surface area contributed by atoms with E-state index in [9.17, 15) is 4.79 Å². The molecule has 0 saturated carbocycles. The van der Waals surface area contributed by atoms with Crippen molar-refractivity contribution in [3.05, 3.63) is 56.8 Å². The van der Waals surface area contributed by atoms with Crippen LogP contribution in [0.1, 0.15) is 34.5 Å². The van der Waals surface area contributed by atoms with Crippen LogP contribution in [-0.4, -0.2) is 11.3 Å². The van der Waals surface area contributed by atoms with Gasteiger partial charge in [-0.1, -0.05) is 11.6 Å². The molecular formula is C16H12BrClN2O2. The number of halogens is 2. The Bertz CT molecular complexity index is 743. The average Bonchev–Trinajstić information content (AvgIpc) is 2.51. The first kappa shape index (κ1) is 16.5. The van der Waals surface area contributed by atoms with E-state index in [4.69, 9.17) is 21.6 Å². The van der Waals surface area contributed by atoms with Crippen molar-refractivity contribution in [3.8, 4) is 11.8 Å². The Morgan fingerprint density at radius 3 is 2.91 bits per heavy atom. The zero-order valence-electron chi connectivity index (χ0n) is 11.7. The number of nitriles is 1. The highest BCUT2D eigenvalue weighted by atomic mass is 79.9. The molecule has 0 N–H and O–H groups in total. The molecule has 0 bridgehead atoms. The minimum atomic E-state index is -0.321. The fourth-order valence-electron chi connectivity index (χ4n) is 1.91. The first-order chi connectivity index (χ1) is 10.5. The molecule has 0 aliphatic carbocycles. The number of benzene rings is 1. The van der Waals surface area contributed by atoms with E-state index < -0.39 is 0 Å². The number of ether oxygens (including phenoxy) is 1. The molecule has 0 spiro atoms. The van der Waals surface area contributed by atoms with Gasteiger partial charge >= 0.3 is 0 Å². The van der Waals surface area contributed by atoms with Gasteiger partial charge in [0, 0.05) is 22.4 Å². The maximum atomic E-state index is 11.1. The van der Waals surface area contributed by atoms with Gasteiger partial charge in [-0.15, -0.1) is 0 Å². The normalized spacial score (nSPS) is 11.5. The molecule has 1 heterocycles. The number of aromatic nitrogens is 1. The Hall–Kier alpha value is -1.90. The Balaban J connectivity index is 2.27. The largest absolute Gasteiger partial charge is 0.485 e. The predicted octanol–water partition coefficient (Wildman–Crippen LogP) is 4.52. The van der Waals surface area contributed by atoms with Crippen LogP contribution in [0.2, 0.25) is 5.02 Å². The summed E-state index contributed by atoms with van der Waals surface area (Å²) in [6.07, 6.45) is 3.99. The van der Waals surface area contributed by atoms with E-state index in [0.29, 0.717) is 33.5 Å². The van der Waals surface area contributed by atoms with Gasteiger partial charge in [-0.05, 0) is 46.6 Å². The maximum absolute atomic E-state index is 11.1. The fourth-order valence-corrected chi connectivity index (χ4v) is 2.41. The molecule has 112 valence electrons. The van der Waals surface area contributed by atoms with Gasteiger partial charge in [0.1, 0.15) is 11.9 Å². The van der Waals surface area contributed by atoms with E-state index >= 15 is 0 Å². The molecule has 2 aromatic rings. The van der Waals surface area contributed by atoms with Crippen LogP contribution in [0.5, 0.6) is 5.75 Å². The molecule has 0 radical (unpaired) electrons. The Labute approximate surface area is 141 Å². The van der Waals surface area contributed by atoms with E-state index in [0.717, 1.165) is 11.1 Å². The number of hydrogen-bond donors (Lipinski definition) is 0. The number of rotatable bonds is 5. The fraction of sp³-hybridized carbons (Fsp3) is 0.188. The van der Waals surface area contributed by atoms with Gasteiger partial charge in [0.15, 0.2) is 6.29 Å². The van der Waals surface area contributed by atoms with Crippen molar-refractivity contribution in [3.63, 3.8) is 0 Å². The second-order valence-electron chi connectivity index (χ2n) is 4.64. The predicted molar refractivity (Wildman–Crippen MR) is 87.1 cm³/mol. The van der Waals surface area contributed by atoms with E-state index in [1.54, 1.807) is 24.5 Å². The second kappa shape index (κ2) is 7.39. The summed E-state index contributed by atoms with van der Waals surface area (Å²) in [7, 11) is 0. The van der Waals surface area contributed by atoms with Crippen molar-refractivity contribution < 1.29 is 9.53 Å². The van der Waals surface area contributed by atoms with E-state index in [1.807, 2.05) is 13.0 Å². The quantitative estimate of drug-likeness (QED) is 0.717. The maximum Gasteiger partial charge on any atom is 0.153 e. The number of hydrogen-bond acceptors (Lipinski definition) is 4. The zero-order chi connectivity index (χ0) is 16.1. The average molecular weight is 380 g/mol. The lowest BCUT2D eigenvalue weighted by Crippen LogP contribution is -2.06. The standard InChI is InChI=1S/C16H12BrClN2O2/c1-10(12-4-11(2-3-19)7-20-8-12)22-16-6-14(17)15(18)5-13(16)9-21/h4-10H,2H2,1H3. The lowest BCUT2D eigenvalue weighted by molar-refractivity contribution is 0.111. The molecule has 0 fully saturated rings. The molecular weight excluding hydrogens is 368 g/mol. The molecule has 6 heteroatoms. The van der Waals surface area contributed by atoms with Gasteiger partial charge in [-0.3, -0.25) is 9.78 Å². The summed E-state index contributed by atoms with van der Waals surface area (Å²) in [6.45, 7) is 1.85. The van der Waals surface area contributed by atoms with Gasteiger partial charge in [-0.25, -0.2) is 0 Å².